The summed E-state index contributed by atoms with van der Waals surface area (Å²) in [6.45, 7) is 0. The number of hydrogen-bond acceptors (Lipinski definition) is 0. The van der Waals surface area contributed by atoms with Crippen LogP contribution in [-0.4, -0.2) is 5.07 Å². The van der Waals surface area contributed by atoms with E-state index in [1.54, 1.807) is 0 Å². The van der Waals surface area contributed by atoms with Crippen molar-refractivity contribution in [2.75, 3.05) is 0 Å². The Bertz CT molecular complexity index is 26.3. The molecule has 6 heavy (non-hydrogen) atoms. The Kier molecular flexibility index (Phi) is 4.43. The molecule has 0 unspecified atom stereocenters. The molecular formula is CHClCuF3+2. The average Bonchev–Trinajstić information content (AvgIpc) is 0.722. The van der Waals surface area contributed by atoms with Crippen LogP contribution < -0.4 is 0 Å². The van der Waals surface area contributed by atoms with E-state index in [1.165, 1.54) is 0 Å². The summed E-state index contributed by atoms with van der Waals surface area (Å²) in [4.78, 5) is 0. The second kappa shape index (κ2) is 2.72. The number of alkyl halides is 3. The van der Waals surface area contributed by atoms with Gasteiger partial charge in [0.05, 0.1) is 0 Å². The minimum absolute atomic E-state index is 0. The van der Waals surface area contributed by atoms with E-state index < -0.39 is 5.07 Å². The summed E-state index contributed by atoms with van der Waals surface area (Å²) in [6, 6.07) is 0. The van der Waals surface area contributed by atoms with Crippen LogP contribution in [0.4, 0.5) is 13.2 Å². The van der Waals surface area contributed by atoms with Crippen LogP contribution in [0.1, 0.15) is 0 Å². The van der Waals surface area contributed by atoms with E-state index in [0.717, 1.165) is 0 Å². The Morgan fingerprint density at radius 3 is 1.17 bits per heavy atom. The molecule has 42 valence electrons. The van der Waals surface area contributed by atoms with Gasteiger partial charge in [-0.1, -0.05) is 0 Å². The minimum atomic E-state index is -4.44. The molecule has 0 radical (unpaired) electrons. The molecule has 0 saturated carbocycles. The Hall–Kier alpha value is 0.599. The van der Waals surface area contributed by atoms with Crippen molar-refractivity contribution >= 4 is 12.4 Å². The van der Waals surface area contributed by atoms with E-state index in [2.05, 4.69) is 16.0 Å². The van der Waals surface area contributed by atoms with Crippen LogP contribution in [0, 0.1) is 0 Å². The Labute approximate surface area is 47.3 Å². The summed E-state index contributed by atoms with van der Waals surface area (Å²) in [5, 5.41) is -4.44. The molecule has 0 aliphatic heterocycles. The van der Waals surface area contributed by atoms with Crippen LogP contribution in [0.3, 0.4) is 0 Å². The van der Waals surface area contributed by atoms with Gasteiger partial charge in [-0.15, -0.1) is 12.4 Å². The normalized spacial score (nSPS) is 10.2. The van der Waals surface area contributed by atoms with Gasteiger partial charge in [0.1, 0.15) is 0 Å². The molecule has 0 heterocycles. The third-order valence-electron chi connectivity index (χ3n) is 0. The third kappa shape index (κ3) is 166. The van der Waals surface area contributed by atoms with E-state index in [0.29, 0.717) is 0 Å². The van der Waals surface area contributed by atoms with Crippen molar-refractivity contribution in [3.63, 3.8) is 0 Å². The van der Waals surface area contributed by atoms with Crippen LogP contribution in [0.15, 0.2) is 0 Å². The van der Waals surface area contributed by atoms with Crippen LogP contribution in [0.5, 0.6) is 0 Å². The van der Waals surface area contributed by atoms with Gasteiger partial charge in [-0.3, -0.25) is 0 Å². The molecule has 0 aromatic rings. The Balaban J connectivity index is 0. The molecule has 0 aromatic carbocycles. The summed E-state index contributed by atoms with van der Waals surface area (Å²) in [5.74, 6) is 0. The first-order chi connectivity index (χ1) is 2.00. The van der Waals surface area contributed by atoms with E-state index in [1.807, 2.05) is 0 Å². The zero-order valence-electron chi connectivity index (χ0n) is 2.34. The van der Waals surface area contributed by atoms with Crippen molar-refractivity contribution < 1.29 is 29.2 Å². The third-order valence-corrected chi connectivity index (χ3v) is 0. The monoisotopic (exact) mass is 168 g/mol. The van der Waals surface area contributed by atoms with Crippen molar-refractivity contribution in [2.45, 2.75) is 5.07 Å². The molecule has 0 N–H and O–H groups in total. The second-order valence-corrected chi connectivity index (χ2v) is 0.919. The predicted molar refractivity (Wildman–Crippen MR) is 13.3 cm³/mol. The van der Waals surface area contributed by atoms with Crippen LogP contribution >= 0.6 is 12.4 Å². The van der Waals surface area contributed by atoms with E-state index in [-0.39, 0.29) is 12.4 Å². The SMILES string of the molecule is Cl.F[C](F)(F)[Cu+2]. The number of rotatable bonds is 0. The average molecular weight is 169 g/mol. The standard InChI is InChI=1S/CF3.ClH.Cu/c2-1(3)4;;/h;1H;/q;;+2. The summed E-state index contributed by atoms with van der Waals surface area (Å²) in [5.41, 5.74) is 0. The van der Waals surface area contributed by atoms with E-state index in [9.17, 15) is 13.2 Å². The molecule has 0 aromatic heterocycles. The van der Waals surface area contributed by atoms with E-state index in [4.69, 9.17) is 0 Å². The molecule has 0 rings (SSSR count). The van der Waals surface area contributed by atoms with Gasteiger partial charge in [0, 0.05) is 0 Å². The van der Waals surface area contributed by atoms with Crippen LogP contribution in [0.2, 0.25) is 0 Å². The topological polar surface area (TPSA) is 0 Å². The van der Waals surface area contributed by atoms with Gasteiger partial charge >= 0.3 is 34.3 Å². The van der Waals surface area contributed by atoms with Gasteiger partial charge in [-0.25, -0.2) is 0 Å². The maximum absolute atomic E-state index is 10.2. The van der Waals surface area contributed by atoms with E-state index >= 15 is 0 Å². The number of hydrogen-bond donors (Lipinski definition) is 0. The fourth-order valence-electron chi connectivity index (χ4n) is 0. The van der Waals surface area contributed by atoms with Gasteiger partial charge in [-0.05, 0) is 0 Å². The Morgan fingerprint density at radius 2 is 1.17 bits per heavy atom. The molecule has 0 saturated heterocycles. The van der Waals surface area contributed by atoms with Crippen molar-refractivity contribution in [3.8, 4) is 0 Å². The van der Waals surface area contributed by atoms with Crippen molar-refractivity contribution in [3.05, 3.63) is 0 Å². The maximum atomic E-state index is 10.2. The van der Waals surface area contributed by atoms with Gasteiger partial charge in [-0.2, -0.15) is 0 Å². The van der Waals surface area contributed by atoms with Gasteiger partial charge in [0.15, 0.2) is 0 Å². The number of halogens is 4. The predicted octanol–water partition coefficient (Wildman–Crippen LogP) is 1.47. The molecule has 0 atom stereocenters. The summed E-state index contributed by atoms with van der Waals surface area (Å²) in [6.07, 6.45) is 0. The first kappa shape index (κ1) is 9.78. The first-order valence-corrected chi connectivity index (χ1v) is 1.19. The summed E-state index contributed by atoms with van der Waals surface area (Å²) >= 11 is 2.96. The second-order valence-electron chi connectivity index (χ2n) is 0.385. The van der Waals surface area contributed by atoms with Crippen molar-refractivity contribution in [1.82, 2.24) is 0 Å². The molecule has 0 bridgehead atoms. The van der Waals surface area contributed by atoms with Crippen LogP contribution in [-0.2, 0) is 16.0 Å². The summed E-state index contributed by atoms with van der Waals surface area (Å²) < 4.78 is 30.5. The first-order valence-electron chi connectivity index (χ1n) is 0.718. The molecule has 0 aliphatic carbocycles. The zero-order chi connectivity index (χ0) is 4.50. The molecule has 0 amide bonds. The van der Waals surface area contributed by atoms with Crippen molar-refractivity contribution in [2.24, 2.45) is 0 Å². The van der Waals surface area contributed by atoms with Gasteiger partial charge in [0.25, 0.3) is 0 Å². The van der Waals surface area contributed by atoms with Gasteiger partial charge < -0.3 is 0 Å². The Morgan fingerprint density at radius 1 is 1.17 bits per heavy atom. The summed E-state index contributed by atoms with van der Waals surface area (Å²) in [7, 11) is 0. The molecule has 0 aliphatic rings. The molecule has 0 nitrogen and oxygen atoms in total. The van der Waals surface area contributed by atoms with Crippen molar-refractivity contribution in [1.29, 1.82) is 0 Å². The molecule has 0 spiro atoms. The zero-order valence-corrected chi connectivity index (χ0v) is 4.10. The van der Waals surface area contributed by atoms with Crippen LogP contribution in [0.25, 0.3) is 0 Å². The fraction of sp³-hybridized carbons (Fsp3) is 1.00. The quantitative estimate of drug-likeness (QED) is 0.481. The molecule has 5 heteroatoms. The fourth-order valence-corrected chi connectivity index (χ4v) is 0. The molecular weight excluding hydrogens is 168 g/mol. The molecule has 0 fully saturated rings. The van der Waals surface area contributed by atoms with Gasteiger partial charge in [0.2, 0.25) is 0 Å².